The molecule has 4 rings (SSSR count). The maximum atomic E-state index is 12.8. The van der Waals surface area contributed by atoms with Crippen LogP contribution in [0.5, 0.6) is 0 Å². The maximum absolute atomic E-state index is 12.8. The smallest absolute Gasteiger partial charge is 0.321 e. The second-order valence-electron chi connectivity index (χ2n) is 8.44. The highest BCUT2D eigenvalue weighted by molar-refractivity contribution is 5.90. The lowest BCUT2D eigenvalue weighted by Crippen LogP contribution is -2.51. The molecule has 1 aliphatic heterocycles. The maximum Gasteiger partial charge on any atom is 0.321 e. The van der Waals surface area contributed by atoms with Gasteiger partial charge in [-0.05, 0) is 49.1 Å². The normalized spacial score (nSPS) is 15.5. The Kier molecular flexibility index (Phi) is 6.38. The number of aryl methyl sites for hydroxylation is 3. The summed E-state index contributed by atoms with van der Waals surface area (Å²) in [7, 11) is 0. The number of carbonyl (C=O) groups is 1. The summed E-state index contributed by atoms with van der Waals surface area (Å²) >= 11 is 0. The van der Waals surface area contributed by atoms with Crippen molar-refractivity contribution in [2.24, 2.45) is 0 Å². The first-order valence-electron chi connectivity index (χ1n) is 11.0. The molecule has 0 aromatic heterocycles. The molecule has 1 atom stereocenters. The third-order valence-electron chi connectivity index (χ3n) is 6.23. The van der Waals surface area contributed by atoms with Crippen LogP contribution in [0.3, 0.4) is 0 Å². The molecule has 1 fully saturated rings. The molecule has 4 heteroatoms. The summed E-state index contributed by atoms with van der Waals surface area (Å²) in [4.78, 5) is 17.3. The highest BCUT2D eigenvalue weighted by atomic mass is 16.2. The van der Waals surface area contributed by atoms with Gasteiger partial charge in [-0.1, -0.05) is 72.3 Å². The van der Waals surface area contributed by atoms with Crippen LogP contribution in [-0.4, -0.2) is 42.0 Å². The molecule has 1 heterocycles. The van der Waals surface area contributed by atoms with Crippen LogP contribution in [-0.2, 0) is 0 Å². The molecule has 0 aliphatic carbocycles. The van der Waals surface area contributed by atoms with Crippen molar-refractivity contribution in [3.63, 3.8) is 0 Å². The van der Waals surface area contributed by atoms with Gasteiger partial charge in [-0.15, -0.1) is 0 Å². The molecule has 160 valence electrons. The van der Waals surface area contributed by atoms with Crippen LogP contribution in [0.4, 0.5) is 10.5 Å². The molecule has 0 unspecified atom stereocenters. The predicted octanol–water partition coefficient (Wildman–Crippen LogP) is 5.55. The minimum atomic E-state index is -0.0169. The number of carbonyl (C=O) groups excluding carboxylic acids is 1. The number of nitrogens with zero attached hydrogens (tertiary/aromatic N) is 2. The Balaban J connectivity index is 1.50. The molecule has 31 heavy (non-hydrogen) atoms. The van der Waals surface area contributed by atoms with Gasteiger partial charge >= 0.3 is 6.03 Å². The minimum absolute atomic E-state index is 0.0169. The second kappa shape index (κ2) is 9.36. The lowest BCUT2D eigenvalue weighted by molar-refractivity contribution is 0.126. The van der Waals surface area contributed by atoms with E-state index in [9.17, 15) is 4.79 Å². The SMILES string of the molecule is Cc1ccc([C@H](c2ccccc2C)N2CCN(C(=O)Nc3ccccc3C)CC2)cc1. The number of amides is 2. The number of anilines is 1. The van der Waals surface area contributed by atoms with Crippen LogP contribution in [0, 0.1) is 20.8 Å². The molecule has 1 saturated heterocycles. The molecular weight excluding hydrogens is 382 g/mol. The zero-order valence-electron chi connectivity index (χ0n) is 18.6. The van der Waals surface area contributed by atoms with Gasteiger partial charge in [0.25, 0.3) is 0 Å². The van der Waals surface area contributed by atoms with Gasteiger partial charge in [0.1, 0.15) is 0 Å². The van der Waals surface area contributed by atoms with Gasteiger partial charge in [0.05, 0.1) is 6.04 Å². The van der Waals surface area contributed by atoms with Crippen molar-refractivity contribution in [2.45, 2.75) is 26.8 Å². The Morgan fingerprint density at radius 1 is 0.774 bits per heavy atom. The number of benzene rings is 3. The van der Waals surface area contributed by atoms with E-state index in [0.717, 1.165) is 24.3 Å². The molecule has 0 saturated carbocycles. The van der Waals surface area contributed by atoms with E-state index < -0.39 is 0 Å². The van der Waals surface area contributed by atoms with Gasteiger partial charge in [0, 0.05) is 31.9 Å². The number of rotatable bonds is 4. The summed E-state index contributed by atoms with van der Waals surface area (Å²) in [6.45, 7) is 9.43. The first-order valence-corrected chi connectivity index (χ1v) is 11.0. The molecule has 2 amide bonds. The van der Waals surface area contributed by atoms with Crippen molar-refractivity contribution in [1.29, 1.82) is 0 Å². The van der Waals surface area contributed by atoms with E-state index in [4.69, 9.17) is 0 Å². The first-order chi connectivity index (χ1) is 15.0. The molecule has 0 radical (unpaired) electrons. The van der Waals surface area contributed by atoms with Gasteiger partial charge in [-0.25, -0.2) is 4.79 Å². The zero-order chi connectivity index (χ0) is 21.8. The zero-order valence-corrected chi connectivity index (χ0v) is 18.6. The summed E-state index contributed by atoms with van der Waals surface area (Å²) in [5.41, 5.74) is 7.17. The van der Waals surface area contributed by atoms with Crippen molar-refractivity contribution in [3.8, 4) is 0 Å². The number of hydrogen-bond acceptors (Lipinski definition) is 2. The molecule has 4 nitrogen and oxygen atoms in total. The Hall–Kier alpha value is -3.11. The molecule has 1 aliphatic rings. The summed E-state index contributed by atoms with van der Waals surface area (Å²) in [5.74, 6) is 0. The Bertz CT molecular complexity index is 1040. The van der Waals surface area contributed by atoms with E-state index in [1.165, 1.54) is 22.3 Å². The molecule has 3 aromatic rings. The van der Waals surface area contributed by atoms with E-state index >= 15 is 0 Å². The average molecular weight is 414 g/mol. The van der Waals surface area contributed by atoms with Crippen molar-refractivity contribution < 1.29 is 4.79 Å². The monoisotopic (exact) mass is 413 g/mol. The van der Waals surface area contributed by atoms with E-state index in [0.29, 0.717) is 13.1 Å². The molecular formula is C27H31N3O. The number of para-hydroxylation sites is 1. The molecule has 1 N–H and O–H groups in total. The molecule has 0 spiro atoms. The van der Waals surface area contributed by atoms with E-state index in [-0.39, 0.29) is 12.1 Å². The van der Waals surface area contributed by atoms with Crippen LogP contribution >= 0.6 is 0 Å². The highest BCUT2D eigenvalue weighted by Gasteiger charge is 2.29. The molecule has 0 bridgehead atoms. The minimum Gasteiger partial charge on any atom is -0.322 e. The van der Waals surface area contributed by atoms with Gasteiger partial charge in [0.2, 0.25) is 0 Å². The Labute approximate surface area is 185 Å². The number of hydrogen-bond donors (Lipinski definition) is 1. The Morgan fingerprint density at radius 3 is 2.03 bits per heavy atom. The lowest BCUT2D eigenvalue weighted by atomic mass is 9.92. The second-order valence-corrected chi connectivity index (χ2v) is 8.44. The average Bonchev–Trinajstić information content (AvgIpc) is 2.78. The summed E-state index contributed by atoms with van der Waals surface area (Å²) in [6.07, 6.45) is 0. The van der Waals surface area contributed by atoms with Crippen LogP contribution in [0.2, 0.25) is 0 Å². The van der Waals surface area contributed by atoms with E-state index in [2.05, 4.69) is 72.6 Å². The largest absolute Gasteiger partial charge is 0.322 e. The van der Waals surface area contributed by atoms with Crippen LogP contribution < -0.4 is 5.32 Å². The third kappa shape index (κ3) is 4.80. The van der Waals surface area contributed by atoms with Crippen molar-refractivity contribution in [2.75, 3.05) is 31.5 Å². The number of nitrogens with one attached hydrogen (secondary N) is 1. The van der Waals surface area contributed by atoms with Crippen molar-refractivity contribution >= 4 is 11.7 Å². The van der Waals surface area contributed by atoms with Crippen LogP contribution in [0.25, 0.3) is 0 Å². The van der Waals surface area contributed by atoms with Gasteiger partial charge in [0.15, 0.2) is 0 Å². The fourth-order valence-corrected chi connectivity index (χ4v) is 4.32. The number of urea groups is 1. The highest BCUT2D eigenvalue weighted by Crippen LogP contribution is 2.32. The van der Waals surface area contributed by atoms with E-state index in [1.807, 2.05) is 36.1 Å². The van der Waals surface area contributed by atoms with Crippen LogP contribution in [0.1, 0.15) is 33.9 Å². The van der Waals surface area contributed by atoms with E-state index in [1.54, 1.807) is 0 Å². The fourth-order valence-electron chi connectivity index (χ4n) is 4.32. The molecule has 3 aromatic carbocycles. The third-order valence-corrected chi connectivity index (χ3v) is 6.23. The van der Waals surface area contributed by atoms with Gasteiger partial charge in [-0.3, -0.25) is 4.90 Å². The summed E-state index contributed by atoms with van der Waals surface area (Å²) in [5, 5.41) is 3.07. The summed E-state index contributed by atoms with van der Waals surface area (Å²) < 4.78 is 0. The quantitative estimate of drug-likeness (QED) is 0.609. The van der Waals surface area contributed by atoms with Gasteiger partial charge < -0.3 is 10.2 Å². The fraction of sp³-hybridized carbons (Fsp3) is 0.296. The predicted molar refractivity (Wildman–Crippen MR) is 128 cm³/mol. The van der Waals surface area contributed by atoms with Crippen molar-refractivity contribution in [3.05, 3.63) is 101 Å². The lowest BCUT2D eigenvalue weighted by Gasteiger charge is -2.40. The van der Waals surface area contributed by atoms with Crippen LogP contribution in [0.15, 0.2) is 72.8 Å². The first kappa shape index (κ1) is 21.1. The van der Waals surface area contributed by atoms with Crippen molar-refractivity contribution in [1.82, 2.24) is 9.80 Å². The van der Waals surface area contributed by atoms with Gasteiger partial charge in [-0.2, -0.15) is 0 Å². The Morgan fingerprint density at radius 2 is 1.39 bits per heavy atom. The standard InChI is InChI=1S/C27H31N3O/c1-20-12-14-23(15-13-20)26(24-10-6-4-8-21(24)2)29-16-18-30(19-17-29)27(31)28-25-11-7-5-9-22(25)3/h4-15,26H,16-19H2,1-3H3,(H,28,31)/t26-/m1/s1. The number of piperazine rings is 1. The summed E-state index contributed by atoms with van der Waals surface area (Å²) in [6, 6.07) is 25.6. The topological polar surface area (TPSA) is 35.6 Å².